The molecular formula is C15H20N4S. The van der Waals surface area contributed by atoms with E-state index in [1.807, 2.05) is 19.5 Å². The molecule has 0 saturated heterocycles. The largest absolute Gasteiger partial charge is 0.380 e. The normalized spacial score (nSPS) is 10.4. The summed E-state index contributed by atoms with van der Waals surface area (Å²) in [4.78, 5) is 8.80. The van der Waals surface area contributed by atoms with Crippen LogP contribution in [0.25, 0.3) is 0 Å². The minimum absolute atomic E-state index is 0.705. The van der Waals surface area contributed by atoms with Crippen LogP contribution in [0.15, 0.2) is 29.6 Å². The highest BCUT2D eigenvalue weighted by atomic mass is 32.2. The standard InChI is InChI=1S/C15H20N4S/c1-10-6-5-7-11(2)13(10)17-8-12-9-18-15(20-4)19-14(12)16-3/h5-7,9,17H,8H2,1-4H3,(H,16,18,19). The Morgan fingerprint density at radius 2 is 1.90 bits per heavy atom. The molecule has 1 aromatic carbocycles. The molecule has 1 aromatic heterocycles. The van der Waals surface area contributed by atoms with E-state index in [-0.39, 0.29) is 0 Å². The number of hydrogen-bond acceptors (Lipinski definition) is 5. The number of para-hydroxylation sites is 1. The highest BCUT2D eigenvalue weighted by Crippen LogP contribution is 2.22. The van der Waals surface area contributed by atoms with Crippen LogP contribution in [0.2, 0.25) is 0 Å². The van der Waals surface area contributed by atoms with Crippen LogP contribution >= 0.6 is 11.8 Å². The highest BCUT2D eigenvalue weighted by molar-refractivity contribution is 7.98. The van der Waals surface area contributed by atoms with E-state index in [9.17, 15) is 0 Å². The molecule has 0 bridgehead atoms. The van der Waals surface area contributed by atoms with Gasteiger partial charge in [0.25, 0.3) is 0 Å². The minimum atomic E-state index is 0.705. The van der Waals surface area contributed by atoms with Crippen molar-refractivity contribution in [3.63, 3.8) is 0 Å². The van der Waals surface area contributed by atoms with Crippen molar-refractivity contribution in [1.29, 1.82) is 0 Å². The van der Waals surface area contributed by atoms with Crippen molar-refractivity contribution < 1.29 is 0 Å². The Morgan fingerprint density at radius 1 is 1.20 bits per heavy atom. The number of benzene rings is 1. The van der Waals surface area contributed by atoms with E-state index >= 15 is 0 Å². The van der Waals surface area contributed by atoms with Crippen LogP contribution in [0.4, 0.5) is 11.5 Å². The average molecular weight is 288 g/mol. The van der Waals surface area contributed by atoms with Crippen molar-refractivity contribution in [3.05, 3.63) is 41.1 Å². The molecule has 1 heterocycles. The molecule has 20 heavy (non-hydrogen) atoms. The Hall–Kier alpha value is -1.75. The van der Waals surface area contributed by atoms with Gasteiger partial charge in [-0.05, 0) is 31.2 Å². The number of rotatable bonds is 5. The summed E-state index contributed by atoms with van der Waals surface area (Å²) in [7, 11) is 1.88. The van der Waals surface area contributed by atoms with Gasteiger partial charge in [-0.3, -0.25) is 0 Å². The fourth-order valence-corrected chi connectivity index (χ4v) is 2.45. The number of aromatic nitrogens is 2. The lowest BCUT2D eigenvalue weighted by Gasteiger charge is -2.14. The second-order valence-corrected chi connectivity index (χ2v) is 5.37. The van der Waals surface area contributed by atoms with Crippen molar-refractivity contribution in [2.75, 3.05) is 23.9 Å². The molecular weight excluding hydrogens is 268 g/mol. The molecule has 0 saturated carbocycles. The first-order chi connectivity index (χ1) is 9.65. The zero-order valence-corrected chi connectivity index (χ0v) is 13.1. The van der Waals surface area contributed by atoms with Crippen molar-refractivity contribution in [2.24, 2.45) is 0 Å². The van der Waals surface area contributed by atoms with E-state index in [2.05, 4.69) is 52.6 Å². The Kier molecular flexibility index (Phi) is 4.84. The van der Waals surface area contributed by atoms with Gasteiger partial charge in [0.05, 0.1) is 0 Å². The molecule has 2 rings (SSSR count). The molecule has 0 spiro atoms. The number of hydrogen-bond donors (Lipinski definition) is 2. The summed E-state index contributed by atoms with van der Waals surface area (Å²) in [6, 6.07) is 6.30. The van der Waals surface area contributed by atoms with Crippen LogP contribution in [0.5, 0.6) is 0 Å². The third kappa shape index (κ3) is 3.22. The van der Waals surface area contributed by atoms with Gasteiger partial charge < -0.3 is 10.6 Å². The first-order valence-corrected chi connectivity index (χ1v) is 7.76. The molecule has 0 radical (unpaired) electrons. The van der Waals surface area contributed by atoms with E-state index in [0.717, 1.165) is 16.5 Å². The lowest BCUT2D eigenvalue weighted by molar-refractivity contribution is 0.933. The molecule has 5 heteroatoms. The van der Waals surface area contributed by atoms with Crippen molar-refractivity contribution >= 4 is 23.3 Å². The lowest BCUT2D eigenvalue weighted by atomic mass is 10.1. The number of nitrogens with zero attached hydrogens (tertiary/aromatic N) is 2. The molecule has 106 valence electrons. The van der Waals surface area contributed by atoms with Crippen molar-refractivity contribution in [3.8, 4) is 0 Å². The van der Waals surface area contributed by atoms with Crippen LogP contribution < -0.4 is 10.6 Å². The van der Waals surface area contributed by atoms with Gasteiger partial charge >= 0.3 is 0 Å². The summed E-state index contributed by atoms with van der Waals surface area (Å²) in [6.45, 7) is 4.93. The molecule has 0 amide bonds. The Balaban J connectivity index is 2.19. The van der Waals surface area contributed by atoms with Crippen LogP contribution in [-0.2, 0) is 6.54 Å². The molecule has 0 fully saturated rings. The Morgan fingerprint density at radius 3 is 2.50 bits per heavy atom. The van der Waals surface area contributed by atoms with E-state index in [0.29, 0.717) is 6.54 Å². The molecule has 0 atom stereocenters. The van der Waals surface area contributed by atoms with Gasteiger partial charge in [-0.25, -0.2) is 9.97 Å². The molecule has 0 aliphatic carbocycles. The molecule has 2 aromatic rings. The summed E-state index contributed by atoms with van der Waals surface area (Å²) in [5.74, 6) is 0.878. The quantitative estimate of drug-likeness (QED) is 0.652. The van der Waals surface area contributed by atoms with Gasteiger partial charge in [0.15, 0.2) is 5.16 Å². The van der Waals surface area contributed by atoms with Crippen LogP contribution in [0.1, 0.15) is 16.7 Å². The lowest BCUT2D eigenvalue weighted by Crippen LogP contribution is -2.08. The first kappa shape index (κ1) is 14.7. The average Bonchev–Trinajstić information content (AvgIpc) is 2.46. The molecule has 0 unspecified atom stereocenters. The number of anilines is 2. The zero-order valence-electron chi connectivity index (χ0n) is 12.3. The van der Waals surface area contributed by atoms with E-state index in [4.69, 9.17) is 0 Å². The van der Waals surface area contributed by atoms with Gasteiger partial charge in [-0.2, -0.15) is 0 Å². The van der Waals surface area contributed by atoms with Crippen molar-refractivity contribution in [2.45, 2.75) is 25.5 Å². The van der Waals surface area contributed by atoms with E-state index < -0.39 is 0 Å². The molecule has 4 nitrogen and oxygen atoms in total. The van der Waals surface area contributed by atoms with Crippen molar-refractivity contribution in [1.82, 2.24) is 9.97 Å². The fraction of sp³-hybridized carbons (Fsp3) is 0.333. The Labute approximate surface area is 124 Å². The topological polar surface area (TPSA) is 49.8 Å². The maximum atomic E-state index is 4.47. The summed E-state index contributed by atoms with van der Waals surface area (Å²) < 4.78 is 0. The predicted molar refractivity (Wildman–Crippen MR) is 86.6 cm³/mol. The Bertz CT molecular complexity index is 578. The van der Waals surface area contributed by atoms with E-state index in [1.54, 1.807) is 11.8 Å². The SMILES string of the molecule is CNc1nc(SC)ncc1CNc1c(C)cccc1C. The summed E-state index contributed by atoms with van der Waals surface area (Å²) in [5, 5.41) is 7.40. The van der Waals surface area contributed by atoms with Gasteiger partial charge in [0, 0.05) is 31.0 Å². The fourth-order valence-electron chi connectivity index (χ4n) is 2.11. The number of nitrogens with one attached hydrogen (secondary N) is 2. The monoisotopic (exact) mass is 288 g/mol. The van der Waals surface area contributed by atoms with Gasteiger partial charge in [-0.15, -0.1) is 0 Å². The number of aryl methyl sites for hydroxylation is 2. The summed E-state index contributed by atoms with van der Waals surface area (Å²) >= 11 is 1.54. The molecule has 0 aliphatic rings. The smallest absolute Gasteiger partial charge is 0.189 e. The van der Waals surface area contributed by atoms with E-state index in [1.165, 1.54) is 16.8 Å². The first-order valence-electron chi connectivity index (χ1n) is 6.53. The zero-order chi connectivity index (χ0) is 14.5. The van der Waals surface area contributed by atoms with Gasteiger partial charge in [0.2, 0.25) is 0 Å². The highest BCUT2D eigenvalue weighted by Gasteiger charge is 2.07. The predicted octanol–water partition coefficient (Wildman–Crippen LogP) is 3.47. The van der Waals surface area contributed by atoms with Crippen LogP contribution in [0, 0.1) is 13.8 Å². The third-order valence-corrected chi connectivity index (χ3v) is 3.76. The minimum Gasteiger partial charge on any atom is -0.380 e. The van der Waals surface area contributed by atoms with Crippen LogP contribution in [0.3, 0.4) is 0 Å². The van der Waals surface area contributed by atoms with Crippen LogP contribution in [-0.4, -0.2) is 23.3 Å². The molecule has 2 N–H and O–H groups in total. The maximum absolute atomic E-state index is 4.47. The maximum Gasteiger partial charge on any atom is 0.189 e. The summed E-state index contributed by atoms with van der Waals surface area (Å²) in [5.41, 5.74) is 4.74. The molecule has 0 aliphatic heterocycles. The second kappa shape index (κ2) is 6.61. The number of thioether (sulfide) groups is 1. The van der Waals surface area contributed by atoms with Gasteiger partial charge in [0.1, 0.15) is 5.82 Å². The summed E-state index contributed by atoms with van der Waals surface area (Å²) in [6.07, 6.45) is 3.86. The second-order valence-electron chi connectivity index (χ2n) is 4.60. The van der Waals surface area contributed by atoms with Gasteiger partial charge in [-0.1, -0.05) is 30.0 Å². The third-order valence-electron chi connectivity index (χ3n) is 3.20.